The number of nitrogens with one attached hydrogen (secondary N) is 1. The van der Waals surface area contributed by atoms with Crippen molar-refractivity contribution in [3.63, 3.8) is 0 Å². The second-order valence-electron chi connectivity index (χ2n) is 7.25. The van der Waals surface area contributed by atoms with Gasteiger partial charge in [-0.05, 0) is 36.6 Å². The van der Waals surface area contributed by atoms with Gasteiger partial charge in [0, 0.05) is 13.1 Å². The molecular weight excluding hydrogens is 338 g/mol. The summed E-state index contributed by atoms with van der Waals surface area (Å²) >= 11 is 0. The Morgan fingerprint density at radius 2 is 1.85 bits per heavy atom. The number of rotatable bonds is 5. The summed E-state index contributed by atoms with van der Waals surface area (Å²) in [6, 6.07) is 16.1. The van der Waals surface area contributed by atoms with Crippen LogP contribution in [0.5, 0.6) is 0 Å². The van der Waals surface area contributed by atoms with Crippen LogP contribution in [0, 0.1) is 12.8 Å². The third kappa shape index (κ3) is 3.18. The van der Waals surface area contributed by atoms with E-state index in [0.29, 0.717) is 24.7 Å². The summed E-state index contributed by atoms with van der Waals surface area (Å²) in [6.07, 6.45) is 0. The predicted molar refractivity (Wildman–Crippen MR) is 106 cm³/mol. The Hall–Kier alpha value is -3.15. The third-order valence-electron chi connectivity index (χ3n) is 4.69. The Bertz CT molecular complexity index is 1110. The zero-order valence-corrected chi connectivity index (χ0v) is 15.8. The number of aromatic nitrogens is 4. The number of hydrogen-bond donors (Lipinski definition) is 1. The lowest BCUT2D eigenvalue weighted by Gasteiger charge is -2.12. The maximum Gasteiger partial charge on any atom is 0.268 e. The molecule has 0 aliphatic rings. The molecule has 0 aliphatic carbocycles. The fourth-order valence-electron chi connectivity index (χ4n) is 3.35. The number of amides is 1. The third-order valence-corrected chi connectivity index (χ3v) is 4.69. The van der Waals surface area contributed by atoms with E-state index in [1.54, 1.807) is 0 Å². The van der Waals surface area contributed by atoms with Crippen molar-refractivity contribution in [1.82, 2.24) is 24.5 Å². The van der Waals surface area contributed by atoms with Gasteiger partial charge in [-0.2, -0.15) is 0 Å². The normalized spacial score (nSPS) is 11.6. The van der Waals surface area contributed by atoms with E-state index in [2.05, 4.69) is 46.1 Å². The van der Waals surface area contributed by atoms with Crippen molar-refractivity contribution in [3.8, 4) is 0 Å². The molecule has 138 valence electrons. The molecule has 0 saturated carbocycles. The van der Waals surface area contributed by atoms with Crippen LogP contribution < -0.4 is 5.32 Å². The van der Waals surface area contributed by atoms with Crippen molar-refractivity contribution < 1.29 is 4.79 Å². The highest BCUT2D eigenvalue weighted by Gasteiger charge is 2.19. The van der Waals surface area contributed by atoms with E-state index in [4.69, 9.17) is 0 Å². The molecule has 1 amide bonds. The second-order valence-corrected chi connectivity index (χ2v) is 7.25. The Morgan fingerprint density at radius 3 is 2.59 bits per heavy atom. The quantitative estimate of drug-likeness (QED) is 0.592. The summed E-state index contributed by atoms with van der Waals surface area (Å²) in [5, 5.41) is 11.4. The van der Waals surface area contributed by atoms with Crippen LogP contribution in [0.15, 0.2) is 48.5 Å². The predicted octanol–water partition coefficient (Wildman–Crippen LogP) is 3.43. The van der Waals surface area contributed by atoms with Gasteiger partial charge in [-0.25, -0.2) is 0 Å². The monoisotopic (exact) mass is 361 g/mol. The van der Waals surface area contributed by atoms with Crippen LogP contribution in [0.25, 0.3) is 16.7 Å². The molecule has 3 aromatic heterocycles. The lowest BCUT2D eigenvalue weighted by atomic mass is 10.2. The van der Waals surface area contributed by atoms with Crippen molar-refractivity contribution in [2.75, 3.05) is 6.54 Å². The minimum atomic E-state index is -0.0605. The van der Waals surface area contributed by atoms with Crippen molar-refractivity contribution in [3.05, 3.63) is 65.6 Å². The number of benzene rings is 1. The van der Waals surface area contributed by atoms with E-state index < -0.39 is 0 Å². The van der Waals surface area contributed by atoms with E-state index in [9.17, 15) is 4.79 Å². The van der Waals surface area contributed by atoms with Crippen molar-refractivity contribution in [2.45, 2.75) is 27.3 Å². The van der Waals surface area contributed by atoms with E-state index in [0.717, 1.165) is 28.1 Å². The molecule has 6 nitrogen and oxygen atoms in total. The van der Waals surface area contributed by atoms with Crippen LogP contribution in [-0.4, -0.2) is 31.6 Å². The lowest BCUT2D eigenvalue weighted by molar-refractivity contribution is 0.0940. The summed E-state index contributed by atoms with van der Waals surface area (Å²) in [7, 11) is 0. The van der Waals surface area contributed by atoms with Gasteiger partial charge in [0.1, 0.15) is 11.5 Å². The van der Waals surface area contributed by atoms with Gasteiger partial charge < -0.3 is 9.88 Å². The molecule has 1 aromatic carbocycles. The van der Waals surface area contributed by atoms with Gasteiger partial charge in [-0.1, -0.05) is 44.2 Å². The number of hydrogen-bond acceptors (Lipinski definition) is 3. The molecule has 0 saturated heterocycles. The maximum atomic E-state index is 12.9. The molecule has 6 heteroatoms. The summed E-state index contributed by atoms with van der Waals surface area (Å²) in [6.45, 7) is 7.37. The summed E-state index contributed by atoms with van der Waals surface area (Å²) in [5.41, 5.74) is 4.51. The van der Waals surface area contributed by atoms with Crippen LogP contribution in [-0.2, 0) is 6.54 Å². The molecule has 0 atom stereocenters. The minimum absolute atomic E-state index is 0.0605. The molecule has 0 radical (unpaired) electrons. The SMILES string of the molecule is Cc1nnc2ccc3c(cc(C(=O)NCC(C)C)n3Cc3ccccc3)n12. The van der Waals surface area contributed by atoms with Crippen molar-refractivity contribution >= 4 is 22.6 Å². The van der Waals surface area contributed by atoms with Crippen LogP contribution in [0.3, 0.4) is 0 Å². The molecular formula is C21H23N5O. The highest BCUT2D eigenvalue weighted by molar-refractivity contribution is 5.98. The van der Waals surface area contributed by atoms with Gasteiger partial charge in [0.2, 0.25) is 0 Å². The van der Waals surface area contributed by atoms with E-state index in [1.165, 1.54) is 0 Å². The summed E-state index contributed by atoms with van der Waals surface area (Å²) in [5.74, 6) is 1.14. The zero-order valence-electron chi connectivity index (χ0n) is 15.8. The van der Waals surface area contributed by atoms with Gasteiger partial charge >= 0.3 is 0 Å². The lowest BCUT2D eigenvalue weighted by Crippen LogP contribution is -2.29. The zero-order chi connectivity index (χ0) is 19.0. The highest BCUT2D eigenvalue weighted by Crippen LogP contribution is 2.24. The van der Waals surface area contributed by atoms with Crippen molar-refractivity contribution in [1.29, 1.82) is 0 Å². The van der Waals surface area contributed by atoms with Gasteiger partial charge in [-0.15, -0.1) is 10.2 Å². The first-order valence-electron chi connectivity index (χ1n) is 9.20. The van der Waals surface area contributed by atoms with E-state index in [1.807, 2.05) is 47.7 Å². The highest BCUT2D eigenvalue weighted by atomic mass is 16.1. The molecule has 27 heavy (non-hydrogen) atoms. The van der Waals surface area contributed by atoms with Crippen LogP contribution in [0.1, 0.15) is 35.7 Å². The number of fused-ring (bicyclic) bond motifs is 3. The molecule has 4 rings (SSSR count). The average molecular weight is 361 g/mol. The Labute approximate surface area is 157 Å². The van der Waals surface area contributed by atoms with Gasteiger partial charge in [0.15, 0.2) is 5.65 Å². The molecule has 1 N–H and O–H groups in total. The Morgan fingerprint density at radius 1 is 1.07 bits per heavy atom. The van der Waals surface area contributed by atoms with Crippen molar-refractivity contribution in [2.24, 2.45) is 5.92 Å². The number of pyridine rings is 1. The smallest absolute Gasteiger partial charge is 0.268 e. The average Bonchev–Trinajstić information content (AvgIpc) is 3.21. The largest absolute Gasteiger partial charge is 0.351 e. The fraction of sp³-hybridized carbons (Fsp3) is 0.286. The first-order valence-corrected chi connectivity index (χ1v) is 9.20. The van der Waals surface area contributed by atoms with E-state index >= 15 is 0 Å². The number of aryl methyl sites for hydroxylation is 1. The molecule has 0 aliphatic heterocycles. The summed E-state index contributed by atoms with van der Waals surface area (Å²) in [4.78, 5) is 12.9. The van der Waals surface area contributed by atoms with E-state index in [-0.39, 0.29) is 5.91 Å². The van der Waals surface area contributed by atoms with Gasteiger partial charge in [0.05, 0.1) is 11.0 Å². The van der Waals surface area contributed by atoms with Crippen LogP contribution in [0.2, 0.25) is 0 Å². The molecule has 0 spiro atoms. The minimum Gasteiger partial charge on any atom is -0.351 e. The topological polar surface area (TPSA) is 64.2 Å². The molecule has 0 unspecified atom stereocenters. The van der Waals surface area contributed by atoms with Crippen LogP contribution in [0.4, 0.5) is 0 Å². The van der Waals surface area contributed by atoms with Crippen LogP contribution >= 0.6 is 0 Å². The van der Waals surface area contributed by atoms with Gasteiger partial charge in [-0.3, -0.25) is 9.20 Å². The molecule has 0 bridgehead atoms. The molecule has 0 fully saturated rings. The molecule has 4 aromatic rings. The summed E-state index contributed by atoms with van der Waals surface area (Å²) < 4.78 is 4.06. The standard InChI is InChI=1S/C21H23N5O/c1-14(2)12-22-21(27)19-11-18-17(9-10-20-24-23-15(3)26(18)20)25(19)13-16-7-5-4-6-8-16/h4-11,14H,12-13H2,1-3H3,(H,22,27). The number of carbonyl (C=O) groups is 1. The Kier molecular flexibility index (Phi) is 4.39. The maximum absolute atomic E-state index is 12.9. The fourth-order valence-corrected chi connectivity index (χ4v) is 3.35. The second kappa shape index (κ2) is 6.87. The first-order chi connectivity index (χ1) is 13.0. The first kappa shape index (κ1) is 17.3. The number of carbonyl (C=O) groups excluding carboxylic acids is 1. The molecule has 3 heterocycles. The van der Waals surface area contributed by atoms with Gasteiger partial charge in [0.25, 0.3) is 5.91 Å². The number of nitrogens with zero attached hydrogens (tertiary/aromatic N) is 4. The Balaban J connectivity index is 1.88.